The van der Waals surface area contributed by atoms with Gasteiger partial charge in [0.2, 0.25) is 0 Å². The number of pyridine rings is 2. The monoisotopic (exact) mass is 609 g/mol. The number of nitrogens with zero attached hydrogens (tertiary/aromatic N) is 5. The van der Waals surface area contributed by atoms with Crippen molar-refractivity contribution in [1.29, 1.82) is 0 Å². The van der Waals surface area contributed by atoms with E-state index in [2.05, 4.69) is 80.4 Å². The van der Waals surface area contributed by atoms with E-state index in [1.54, 1.807) is 18.1 Å². The number of hydrogen-bond acceptors (Lipinski definition) is 7. The maximum Gasteiger partial charge on any atom is 0.165 e. The Bertz CT molecular complexity index is 1550. The zero-order valence-corrected chi connectivity index (χ0v) is 27.5. The van der Waals surface area contributed by atoms with Gasteiger partial charge in [-0.15, -0.1) is 0 Å². The van der Waals surface area contributed by atoms with Gasteiger partial charge in [0.05, 0.1) is 11.3 Å². The standard InChI is InChI=1S/C32H35N7S.2C2H6/c1-2-40-37-25-11-6-7-20-38(22-25)21-23-13-15-26(16-14-23)39-31(27-12-8-19-34-30(27)33)36-29-18-17-28(35-32(29)39)24-9-4-3-5-10-24;2*1-2/h2,4,8-10,12-19,25,37H,1,3,5-7,11,20-22H2,(H2,33,34);2*1-2H3. The number of likely N-dealkylation sites (tertiary alicyclic amines) is 1. The minimum absolute atomic E-state index is 0.452. The molecule has 0 amide bonds. The number of benzene rings is 1. The van der Waals surface area contributed by atoms with Gasteiger partial charge < -0.3 is 5.73 Å². The Morgan fingerprint density at radius 3 is 2.57 bits per heavy atom. The second-order valence-electron chi connectivity index (χ2n) is 10.4. The predicted molar refractivity (Wildman–Crippen MR) is 189 cm³/mol. The molecule has 4 heterocycles. The van der Waals surface area contributed by atoms with Crippen LogP contribution in [0.2, 0.25) is 0 Å². The highest BCUT2D eigenvalue weighted by atomic mass is 32.2. The van der Waals surface area contributed by atoms with Crippen LogP contribution in [0.1, 0.15) is 71.1 Å². The van der Waals surface area contributed by atoms with Gasteiger partial charge in [-0.2, -0.15) is 0 Å². The Kier molecular flexibility index (Phi) is 12.8. The summed E-state index contributed by atoms with van der Waals surface area (Å²) >= 11 is 1.60. The molecule has 0 saturated carbocycles. The third kappa shape index (κ3) is 8.05. The van der Waals surface area contributed by atoms with Gasteiger partial charge in [0, 0.05) is 31.0 Å². The summed E-state index contributed by atoms with van der Waals surface area (Å²) in [7, 11) is 0. The van der Waals surface area contributed by atoms with Crippen LogP contribution in [-0.4, -0.2) is 43.6 Å². The van der Waals surface area contributed by atoms with E-state index in [1.165, 1.54) is 24.8 Å². The fraction of sp³-hybridized carbons (Fsp3) is 0.361. The lowest BCUT2D eigenvalue weighted by atomic mass is 10.0. The van der Waals surface area contributed by atoms with Crippen molar-refractivity contribution in [2.75, 3.05) is 18.8 Å². The maximum atomic E-state index is 6.33. The number of hydrogen-bond donors (Lipinski definition) is 2. The first-order chi connectivity index (χ1) is 21.7. The molecule has 1 aromatic carbocycles. The Hall–Kier alpha value is -3.72. The van der Waals surface area contributed by atoms with Crippen LogP contribution in [0.25, 0.3) is 33.8 Å². The maximum absolute atomic E-state index is 6.33. The molecule has 1 saturated heterocycles. The molecule has 0 radical (unpaired) electrons. The zero-order chi connectivity index (χ0) is 31.3. The van der Waals surface area contributed by atoms with Gasteiger partial charge in [-0.1, -0.05) is 83.0 Å². The lowest BCUT2D eigenvalue weighted by molar-refractivity contribution is 0.261. The van der Waals surface area contributed by atoms with Gasteiger partial charge in [-0.25, -0.2) is 15.0 Å². The van der Waals surface area contributed by atoms with Crippen molar-refractivity contribution in [1.82, 2.24) is 29.1 Å². The first-order valence-electron chi connectivity index (χ1n) is 16.0. The lowest BCUT2D eigenvalue weighted by Gasteiger charge is -2.24. The summed E-state index contributed by atoms with van der Waals surface area (Å²) in [5, 5.41) is 1.86. The largest absolute Gasteiger partial charge is 0.383 e. The minimum Gasteiger partial charge on any atom is -0.383 e. The summed E-state index contributed by atoms with van der Waals surface area (Å²) in [6.45, 7) is 14.9. The molecule has 0 bridgehead atoms. The molecule has 3 aromatic heterocycles. The van der Waals surface area contributed by atoms with Crippen molar-refractivity contribution in [3.05, 3.63) is 96.2 Å². The number of imidazole rings is 1. The average Bonchev–Trinajstić information content (AvgIpc) is 3.31. The van der Waals surface area contributed by atoms with Crippen molar-refractivity contribution in [3.8, 4) is 17.1 Å². The van der Waals surface area contributed by atoms with Gasteiger partial charge in [0.1, 0.15) is 11.3 Å². The van der Waals surface area contributed by atoms with E-state index >= 15 is 0 Å². The van der Waals surface area contributed by atoms with Crippen molar-refractivity contribution < 1.29 is 0 Å². The van der Waals surface area contributed by atoms with Crippen molar-refractivity contribution >= 4 is 34.5 Å². The average molecular weight is 610 g/mol. The van der Waals surface area contributed by atoms with E-state index in [0.717, 1.165) is 72.0 Å². The SMILES string of the molecule is C=CSNC1CCCCN(Cc2ccc(-n3c(-c4cccnc4N)nc4ccc(C5=CCCC=C5)nc43)cc2)C1.CC.CC. The Morgan fingerprint density at radius 1 is 1.02 bits per heavy atom. The fourth-order valence-electron chi connectivity index (χ4n) is 5.57. The summed E-state index contributed by atoms with van der Waals surface area (Å²) in [6.07, 6.45) is 14.1. The Morgan fingerprint density at radius 2 is 1.84 bits per heavy atom. The molecule has 8 heteroatoms. The van der Waals surface area contributed by atoms with Crippen LogP contribution < -0.4 is 10.5 Å². The van der Waals surface area contributed by atoms with Crippen LogP contribution in [0.4, 0.5) is 5.82 Å². The first kappa shape index (κ1) is 33.2. The first-order valence-corrected chi connectivity index (χ1v) is 16.9. The summed E-state index contributed by atoms with van der Waals surface area (Å²) in [4.78, 5) is 17.0. The topological polar surface area (TPSA) is 84.9 Å². The molecule has 1 unspecified atom stereocenters. The number of nitrogens with one attached hydrogen (secondary N) is 1. The summed E-state index contributed by atoms with van der Waals surface area (Å²) in [6, 6.07) is 17.2. The van der Waals surface area contributed by atoms with E-state index in [1.807, 2.05) is 45.2 Å². The van der Waals surface area contributed by atoms with Crippen LogP contribution in [0.15, 0.2) is 84.9 Å². The van der Waals surface area contributed by atoms with E-state index < -0.39 is 0 Å². The summed E-state index contributed by atoms with van der Waals surface area (Å²) in [5.41, 5.74) is 13.1. The molecule has 4 aromatic rings. The smallest absolute Gasteiger partial charge is 0.165 e. The van der Waals surface area contributed by atoms with Crippen molar-refractivity contribution in [2.45, 2.75) is 72.4 Å². The number of rotatable bonds is 8. The van der Waals surface area contributed by atoms with Crippen molar-refractivity contribution in [2.24, 2.45) is 0 Å². The van der Waals surface area contributed by atoms with E-state index in [-0.39, 0.29) is 0 Å². The van der Waals surface area contributed by atoms with E-state index in [4.69, 9.17) is 15.7 Å². The van der Waals surface area contributed by atoms with E-state index in [0.29, 0.717) is 11.9 Å². The molecule has 3 N–H and O–H groups in total. The molecule has 6 rings (SSSR count). The van der Waals surface area contributed by atoms with Gasteiger partial charge in [0.15, 0.2) is 11.5 Å². The fourth-order valence-corrected chi connectivity index (χ4v) is 6.05. The molecule has 44 heavy (non-hydrogen) atoms. The van der Waals surface area contributed by atoms with Crippen LogP contribution in [-0.2, 0) is 6.54 Å². The molecule has 1 fully saturated rings. The molecule has 232 valence electrons. The molecule has 1 atom stereocenters. The molecular weight excluding hydrogens is 563 g/mol. The number of allylic oxidation sites excluding steroid dienone is 4. The summed E-state index contributed by atoms with van der Waals surface area (Å²) in [5.74, 6) is 1.19. The highest BCUT2D eigenvalue weighted by molar-refractivity contribution is 8.00. The third-order valence-corrected chi connectivity index (χ3v) is 8.19. The zero-order valence-electron chi connectivity index (χ0n) is 26.7. The second kappa shape index (κ2) is 16.9. The van der Waals surface area contributed by atoms with Gasteiger partial charge >= 0.3 is 0 Å². The molecule has 7 nitrogen and oxygen atoms in total. The molecular formula is C36H47N7S. The number of nitrogens with two attached hydrogens (primary N) is 1. The summed E-state index contributed by atoms with van der Waals surface area (Å²) < 4.78 is 5.65. The quantitative estimate of drug-likeness (QED) is 0.194. The van der Waals surface area contributed by atoms with Gasteiger partial charge in [-0.3, -0.25) is 14.2 Å². The van der Waals surface area contributed by atoms with Crippen LogP contribution in [0.5, 0.6) is 0 Å². The predicted octanol–water partition coefficient (Wildman–Crippen LogP) is 8.59. The van der Waals surface area contributed by atoms with Crippen LogP contribution >= 0.6 is 11.9 Å². The van der Waals surface area contributed by atoms with Crippen molar-refractivity contribution in [3.63, 3.8) is 0 Å². The highest BCUT2D eigenvalue weighted by Gasteiger charge is 2.20. The van der Waals surface area contributed by atoms with Gasteiger partial charge in [-0.05, 0) is 85.2 Å². The van der Waals surface area contributed by atoms with E-state index in [9.17, 15) is 0 Å². The van der Waals surface area contributed by atoms with Crippen LogP contribution in [0.3, 0.4) is 0 Å². The molecule has 1 aliphatic carbocycles. The number of aromatic nitrogens is 4. The highest BCUT2D eigenvalue weighted by Crippen LogP contribution is 2.32. The van der Waals surface area contributed by atoms with Gasteiger partial charge in [0.25, 0.3) is 0 Å². The Balaban J connectivity index is 0.00000106. The molecule has 1 aliphatic heterocycles. The van der Waals surface area contributed by atoms with Crippen LogP contribution in [0, 0.1) is 0 Å². The second-order valence-corrected chi connectivity index (χ2v) is 11.2. The third-order valence-electron chi connectivity index (χ3n) is 7.55. The Labute approximate surface area is 267 Å². The molecule has 0 spiro atoms. The number of fused-ring (bicyclic) bond motifs is 1. The number of anilines is 1. The molecule has 2 aliphatic rings. The number of nitrogen functional groups attached to an aromatic ring is 1. The minimum atomic E-state index is 0.452. The lowest BCUT2D eigenvalue weighted by Crippen LogP contribution is -2.36. The normalized spacial score (nSPS) is 16.6.